The van der Waals surface area contributed by atoms with Crippen molar-refractivity contribution >= 4 is 5.78 Å². The molecule has 8 aliphatic rings. The summed E-state index contributed by atoms with van der Waals surface area (Å²) in [7, 11) is 0. The van der Waals surface area contributed by atoms with Crippen molar-refractivity contribution in [1.82, 2.24) is 0 Å². The number of aliphatic hydroxyl groups is 11. The van der Waals surface area contributed by atoms with E-state index in [1.165, 1.54) is 0 Å². The molecule has 0 unspecified atom stereocenters. The molecule has 4 heterocycles. The highest BCUT2D eigenvalue weighted by molar-refractivity contribution is 5.87. The third-order valence-corrected chi connectivity index (χ3v) is 17.0. The molecule has 8 rings (SSSR count). The maximum atomic E-state index is 14.6. The average molecular weight is 915 g/mol. The zero-order valence-electron chi connectivity index (χ0n) is 36.8. The van der Waals surface area contributed by atoms with Gasteiger partial charge in [-0.05, 0) is 86.5 Å². The molecule has 0 aromatic rings. The van der Waals surface area contributed by atoms with E-state index in [0.29, 0.717) is 43.6 Å². The van der Waals surface area contributed by atoms with Crippen LogP contribution >= 0.6 is 0 Å². The van der Waals surface area contributed by atoms with E-state index in [4.69, 9.17) is 33.2 Å². The summed E-state index contributed by atoms with van der Waals surface area (Å²) in [6.07, 6.45) is -16.5. The minimum Gasteiger partial charge on any atom is -0.494 e. The molecule has 0 spiro atoms. The van der Waals surface area contributed by atoms with Crippen molar-refractivity contribution in [2.75, 3.05) is 26.4 Å². The molecule has 0 radical (unpaired) electrons. The molecule has 4 aliphatic carbocycles. The zero-order chi connectivity index (χ0) is 46.2. The summed E-state index contributed by atoms with van der Waals surface area (Å²) < 4.78 is 41.7. The lowest BCUT2D eigenvalue weighted by Gasteiger charge is -2.60. The summed E-state index contributed by atoms with van der Waals surface area (Å²) in [6, 6.07) is 0. The Morgan fingerprint density at radius 1 is 0.719 bits per heavy atom. The Hall–Kier alpha value is -1.73. The fourth-order valence-corrected chi connectivity index (χ4v) is 13.2. The van der Waals surface area contributed by atoms with Gasteiger partial charge in [0.2, 0.25) is 0 Å². The molecule has 0 amide bonds. The highest BCUT2D eigenvalue weighted by atomic mass is 16.8. The smallest absolute Gasteiger partial charge is 0.187 e. The predicted octanol–water partition coefficient (Wildman–Crippen LogP) is -1.73. The van der Waals surface area contributed by atoms with Crippen LogP contribution in [0.4, 0.5) is 0 Å². The number of ether oxygens (including phenoxy) is 7. The van der Waals surface area contributed by atoms with Gasteiger partial charge < -0.3 is 89.3 Å². The number of carbonyl (C=O) groups is 1. The molecule has 364 valence electrons. The van der Waals surface area contributed by atoms with Gasteiger partial charge in [-0.1, -0.05) is 26.0 Å². The molecule has 7 fully saturated rings. The van der Waals surface area contributed by atoms with E-state index in [0.717, 1.165) is 37.0 Å². The van der Waals surface area contributed by atoms with Gasteiger partial charge in [-0.25, -0.2) is 0 Å². The number of aliphatic hydroxyl groups excluding tert-OH is 11. The Bertz CT molecular complexity index is 1710. The van der Waals surface area contributed by atoms with Gasteiger partial charge in [0, 0.05) is 24.2 Å². The molecular weight excluding hydrogens is 844 g/mol. The quantitative estimate of drug-likeness (QED) is 0.0723. The molecule has 11 N–H and O–H groups in total. The summed E-state index contributed by atoms with van der Waals surface area (Å²) in [5, 5.41) is 113. The van der Waals surface area contributed by atoms with Crippen LogP contribution in [0.15, 0.2) is 23.5 Å². The molecule has 19 nitrogen and oxygen atoms in total. The number of hydrogen-bond acceptors (Lipinski definition) is 19. The number of Topliss-reactive ketones (excluding diaryl/α,β-unsaturated/α-hetero) is 1. The van der Waals surface area contributed by atoms with Gasteiger partial charge in [0.25, 0.3) is 0 Å². The third-order valence-electron chi connectivity index (χ3n) is 17.0. The van der Waals surface area contributed by atoms with E-state index in [9.17, 15) is 61.0 Å². The van der Waals surface area contributed by atoms with Gasteiger partial charge >= 0.3 is 0 Å². The number of allylic oxidation sites excluding steroid dienone is 1. The van der Waals surface area contributed by atoms with Gasteiger partial charge in [0.05, 0.1) is 38.3 Å². The first kappa shape index (κ1) is 48.7. The van der Waals surface area contributed by atoms with Crippen molar-refractivity contribution in [2.24, 2.45) is 40.4 Å². The normalized spacial score (nSPS) is 51.5. The Balaban J connectivity index is 0.891. The monoisotopic (exact) mass is 914 g/mol. The van der Waals surface area contributed by atoms with E-state index in [1.54, 1.807) is 0 Å². The molecule has 4 saturated carbocycles. The van der Waals surface area contributed by atoms with Gasteiger partial charge in [-0.3, -0.25) is 4.79 Å². The van der Waals surface area contributed by atoms with Crippen molar-refractivity contribution < 1.29 is 94.1 Å². The molecule has 0 bridgehead atoms. The molecule has 24 atom stereocenters. The van der Waals surface area contributed by atoms with E-state index < -0.39 is 117 Å². The van der Waals surface area contributed by atoms with E-state index in [2.05, 4.69) is 27.4 Å². The molecule has 3 saturated heterocycles. The fraction of sp³-hybridized carbons (Fsp3) is 0.889. The first-order valence-electron chi connectivity index (χ1n) is 23.1. The van der Waals surface area contributed by atoms with Crippen LogP contribution in [-0.4, -0.2) is 193 Å². The van der Waals surface area contributed by atoms with Crippen molar-refractivity contribution in [3.05, 3.63) is 23.5 Å². The van der Waals surface area contributed by atoms with E-state index >= 15 is 0 Å². The standard InChI is InChI=1S/C45H70O19/c1-18(17-58-41-38(56)35(53)32(50)27(14-46)61-41)5-8-25-19(2)31-26(60-25)12-24-22-7-6-20-11-21(9-10-44(20,3)23(22)13-30(49)45(24,31)4)59-43-40(37(55)34(52)29(16-48)63-43)64-42-39(57)36(54)33(51)28(15-47)62-42/h20-24,26-29,31-43,46-48,50-57H,1,5-17H2,2-4H3/t20-,21+,22-,23+,24+,26+,27-,28-,29-,31+,32-,33-,34+,35+,36+,37+,38-,39-,40-,41-,42+,43-,44+,45-/m1/s1. The van der Waals surface area contributed by atoms with Crippen molar-refractivity contribution in [1.29, 1.82) is 0 Å². The molecule has 0 aromatic carbocycles. The number of hydrogen-bond donors (Lipinski definition) is 11. The SMILES string of the molecule is C=C(CCC1=C(C)[C@H]2[C@H](C[C@H]3[C@@H]4CC[C@@H]5C[C@@H](O[C@@H]6O[C@H](CO)[C@H](O)[C@H](O)[C@H]6O[C@@H]6O[C@H](CO)[C@@H](O)[C@H](O)[C@H]6O)CC[C@]5(C)[C@H]4CC(=O)[C@@]32C)O1)CO[C@@H]1O[C@H](CO)[C@@H](O)[C@H](O)[C@H]1O. The van der Waals surface area contributed by atoms with Gasteiger partial charge in [0.15, 0.2) is 18.9 Å². The van der Waals surface area contributed by atoms with Crippen LogP contribution in [0.3, 0.4) is 0 Å². The van der Waals surface area contributed by atoms with Crippen molar-refractivity contribution in [3.8, 4) is 0 Å². The number of fused-ring (bicyclic) bond motifs is 7. The second-order valence-electron chi connectivity index (χ2n) is 20.3. The van der Waals surface area contributed by atoms with Crippen LogP contribution in [0, 0.1) is 40.4 Å². The zero-order valence-corrected chi connectivity index (χ0v) is 36.8. The van der Waals surface area contributed by atoms with Crippen LogP contribution in [0.1, 0.15) is 78.6 Å². The predicted molar refractivity (Wildman–Crippen MR) is 218 cm³/mol. The minimum atomic E-state index is -1.77. The summed E-state index contributed by atoms with van der Waals surface area (Å²) in [4.78, 5) is 14.6. The van der Waals surface area contributed by atoms with Crippen LogP contribution in [0.2, 0.25) is 0 Å². The second-order valence-corrected chi connectivity index (χ2v) is 20.3. The van der Waals surface area contributed by atoms with Crippen LogP contribution in [0.5, 0.6) is 0 Å². The molecule has 64 heavy (non-hydrogen) atoms. The first-order valence-corrected chi connectivity index (χ1v) is 23.1. The molecule has 4 aliphatic heterocycles. The van der Waals surface area contributed by atoms with E-state index in [-0.39, 0.29) is 53.7 Å². The van der Waals surface area contributed by atoms with Crippen molar-refractivity contribution in [2.45, 2.75) is 183 Å². The summed E-state index contributed by atoms with van der Waals surface area (Å²) in [5.41, 5.74) is 1.05. The highest BCUT2D eigenvalue weighted by Gasteiger charge is 2.68. The Labute approximate surface area is 372 Å². The summed E-state index contributed by atoms with van der Waals surface area (Å²) in [5.74, 6) is 1.91. The highest BCUT2D eigenvalue weighted by Crippen LogP contribution is 2.69. The van der Waals surface area contributed by atoms with Crippen LogP contribution in [0.25, 0.3) is 0 Å². The minimum absolute atomic E-state index is 0.0160. The van der Waals surface area contributed by atoms with Crippen LogP contribution in [-0.2, 0) is 38.0 Å². The Kier molecular flexibility index (Phi) is 14.5. The maximum Gasteiger partial charge on any atom is 0.187 e. The first-order chi connectivity index (χ1) is 30.4. The lowest BCUT2D eigenvalue weighted by Crippen LogP contribution is -2.65. The molecular formula is C45H70O19. The largest absolute Gasteiger partial charge is 0.494 e. The number of ketones is 1. The van der Waals surface area contributed by atoms with Gasteiger partial charge in [0.1, 0.15) is 85.1 Å². The lowest BCUT2D eigenvalue weighted by atomic mass is 9.44. The number of carbonyl (C=O) groups excluding carboxylic acids is 1. The average Bonchev–Trinajstić information content (AvgIpc) is 3.77. The maximum absolute atomic E-state index is 14.6. The van der Waals surface area contributed by atoms with E-state index in [1.807, 2.05) is 0 Å². The fourth-order valence-electron chi connectivity index (χ4n) is 13.2. The van der Waals surface area contributed by atoms with Gasteiger partial charge in [-0.2, -0.15) is 0 Å². The lowest BCUT2D eigenvalue weighted by molar-refractivity contribution is -0.373. The Morgan fingerprint density at radius 2 is 1.31 bits per heavy atom. The van der Waals surface area contributed by atoms with Crippen LogP contribution < -0.4 is 0 Å². The topological polar surface area (TPSA) is 304 Å². The van der Waals surface area contributed by atoms with Gasteiger partial charge in [-0.15, -0.1) is 0 Å². The third kappa shape index (κ3) is 8.35. The number of rotatable bonds is 13. The summed E-state index contributed by atoms with van der Waals surface area (Å²) >= 11 is 0. The van der Waals surface area contributed by atoms with Crippen molar-refractivity contribution in [3.63, 3.8) is 0 Å². The molecule has 19 heteroatoms. The molecule has 0 aromatic heterocycles. The summed E-state index contributed by atoms with van der Waals surface area (Å²) in [6.45, 7) is 8.77. The Morgan fingerprint density at radius 3 is 1.95 bits per heavy atom. The second kappa shape index (κ2) is 19.0.